The average Bonchev–Trinajstić information content (AvgIpc) is 2.89. The lowest BCUT2D eigenvalue weighted by Crippen LogP contribution is -2.39. The molecule has 184 valence electrons. The Morgan fingerprint density at radius 1 is 0.757 bits per heavy atom. The SMILES string of the molecule is Cc1ccc(NC(=O)Cc2ccc(-n3c(=O)c4ccccc4n(Cc4cccc(C)c4)c3=O)cc2)cc1. The molecular formula is C31H27N3O3. The number of benzene rings is 4. The van der Waals surface area contributed by atoms with Crippen LogP contribution in [0.3, 0.4) is 0 Å². The number of hydrogen-bond donors (Lipinski definition) is 1. The van der Waals surface area contributed by atoms with Gasteiger partial charge >= 0.3 is 5.69 Å². The van der Waals surface area contributed by atoms with Crippen molar-refractivity contribution in [1.29, 1.82) is 0 Å². The summed E-state index contributed by atoms with van der Waals surface area (Å²) in [5.41, 5.74) is 5.00. The number of aryl methyl sites for hydroxylation is 2. The van der Waals surface area contributed by atoms with Gasteiger partial charge in [-0.2, -0.15) is 0 Å². The molecule has 1 N–H and O–H groups in total. The minimum atomic E-state index is -0.407. The molecule has 0 unspecified atom stereocenters. The van der Waals surface area contributed by atoms with E-state index in [1.54, 1.807) is 47.0 Å². The Labute approximate surface area is 214 Å². The van der Waals surface area contributed by atoms with Crippen molar-refractivity contribution in [2.24, 2.45) is 0 Å². The third-order valence-electron chi connectivity index (χ3n) is 6.37. The van der Waals surface area contributed by atoms with E-state index in [1.807, 2.05) is 68.4 Å². The van der Waals surface area contributed by atoms with Crippen LogP contribution in [0.4, 0.5) is 5.69 Å². The first-order valence-corrected chi connectivity index (χ1v) is 12.1. The smallest absolute Gasteiger partial charge is 0.326 e. The van der Waals surface area contributed by atoms with Crippen LogP contribution < -0.4 is 16.6 Å². The highest BCUT2D eigenvalue weighted by molar-refractivity contribution is 5.92. The van der Waals surface area contributed by atoms with E-state index in [4.69, 9.17) is 0 Å². The van der Waals surface area contributed by atoms with Crippen LogP contribution in [0.2, 0.25) is 0 Å². The molecule has 37 heavy (non-hydrogen) atoms. The van der Waals surface area contributed by atoms with Crippen LogP contribution in [0.15, 0.2) is 107 Å². The summed E-state index contributed by atoms with van der Waals surface area (Å²) in [7, 11) is 0. The summed E-state index contributed by atoms with van der Waals surface area (Å²) in [6, 6.07) is 29.7. The summed E-state index contributed by atoms with van der Waals surface area (Å²) >= 11 is 0. The van der Waals surface area contributed by atoms with Crippen molar-refractivity contribution in [3.05, 3.63) is 140 Å². The van der Waals surface area contributed by atoms with E-state index in [9.17, 15) is 14.4 Å². The maximum absolute atomic E-state index is 13.6. The molecule has 1 heterocycles. The summed E-state index contributed by atoms with van der Waals surface area (Å²) in [5, 5.41) is 3.36. The largest absolute Gasteiger partial charge is 0.336 e. The molecule has 5 aromatic rings. The van der Waals surface area contributed by atoms with Crippen molar-refractivity contribution in [3.63, 3.8) is 0 Å². The second kappa shape index (κ2) is 10.1. The van der Waals surface area contributed by atoms with Crippen LogP contribution in [-0.4, -0.2) is 15.0 Å². The normalized spacial score (nSPS) is 11.0. The highest BCUT2D eigenvalue weighted by atomic mass is 16.2. The highest BCUT2D eigenvalue weighted by Crippen LogP contribution is 2.15. The molecule has 6 heteroatoms. The van der Waals surface area contributed by atoms with Gasteiger partial charge in [0.05, 0.1) is 29.6 Å². The van der Waals surface area contributed by atoms with E-state index < -0.39 is 5.69 Å². The molecule has 0 aliphatic carbocycles. The second-order valence-corrected chi connectivity index (χ2v) is 9.27. The standard InChI is InChI=1S/C31H27N3O3/c1-21-10-14-25(15-11-21)32-29(35)19-23-12-16-26(17-13-23)34-30(36)27-8-3-4-9-28(27)33(31(34)37)20-24-7-5-6-22(2)18-24/h3-18H,19-20H2,1-2H3,(H,32,35). The van der Waals surface area contributed by atoms with E-state index in [2.05, 4.69) is 5.32 Å². The third kappa shape index (κ3) is 5.14. The number of fused-ring (bicyclic) bond motifs is 1. The molecule has 0 spiro atoms. The molecule has 0 saturated carbocycles. The molecule has 1 aromatic heterocycles. The predicted octanol–water partition coefficient (Wildman–Crippen LogP) is 5.00. The van der Waals surface area contributed by atoms with Crippen LogP contribution in [-0.2, 0) is 17.8 Å². The summed E-state index contributed by atoms with van der Waals surface area (Å²) in [6.45, 7) is 4.35. The van der Waals surface area contributed by atoms with Gasteiger partial charge in [-0.25, -0.2) is 9.36 Å². The lowest BCUT2D eigenvalue weighted by molar-refractivity contribution is -0.115. The van der Waals surface area contributed by atoms with E-state index in [-0.39, 0.29) is 17.9 Å². The van der Waals surface area contributed by atoms with Gasteiger partial charge in [0.1, 0.15) is 0 Å². The van der Waals surface area contributed by atoms with Crippen LogP contribution in [0.1, 0.15) is 22.3 Å². The Bertz CT molecular complexity index is 1710. The quantitative estimate of drug-likeness (QED) is 0.365. The summed E-state index contributed by atoms with van der Waals surface area (Å²) in [5.74, 6) is -0.139. The molecule has 0 aliphatic heterocycles. The van der Waals surface area contributed by atoms with E-state index >= 15 is 0 Å². The molecule has 0 radical (unpaired) electrons. The van der Waals surface area contributed by atoms with Gasteiger partial charge in [0.25, 0.3) is 5.56 Å². The number of anilines is 1. The van der Waals surface area contributed by atoms with Gasteiger partial charge in [0, 0.05) is 5.69 Å². The number of nitrogens with one attached hydrogen (secondary N) is 1. The predicted molar refractivity (Wildman–Crippen MR) is 148 cm³/mol. The maximum atomic E-state index is 13.6. The Morgan fingerprint density at radius 3 is 2.22 bits per heavy atom. The van der Waals surface area contributed by atoms with Crippen molar-refractivity contribution in [3.8, 4) is 5.69 Å². The second-order valence-electron chi connectivity index (χ2n) is 9.27. The molecule has 0 aliphatic rings. The number of para-hydroxylation sites is 1. The third-order valence-corrected chi connectivity index (χ3v) is 6.37. The van der Waals surface area contributed by atoms with Gasteiger partial charge in [-0.3, -0.25) is 14.2 Å². The van der Waals surface area contributed by atoms with Crippen molar-refractivity contribution < 1.29 is 4.79 Å². The van der Waals surface area contributed by atoms with Crippen molar-refractivity contribution in [2.45, 2.75) is 26.8 Å². The average molecular weight is 490 g/mol. The molecule has 0 saturated heterocycles. The van der Waals surface area contributed by atoms with E-state index in [0.29, 0.717) is 23.1 Å². The number of nitrogens with zero attached hydrogens (tertiary/aromatic N) is 2. The minimum Gasteiger partial charge on any atom is -0.326 e. The molecule has 4 aromatic carbocycles. The van der Waals surface area contributed by atoms with Gasteiger partial charge in [0.2, 0.25) is 5.91 Å². The Kier molecular flexibility index (Phi) is 6.56. The molecule has 0 fully saturated rings. The lowest BCUT2D eigenvalue weighted by Gasteiger charge is -2.15. The first-order valence-electron chi connectivity index (χ1n) is 12.1. The Balaban J connectivity index is 1.47. The number of rotatable bonds is 6. The zero-order chi connectivity index (χ0) is 25.9. The number of carbonyl (C=O) groups is 1. The maximum Gasteiger partial charge on any atom is 0.336 e. The van der Waals surface area contributed by atoms with E-state index in [1.165, 1.54) is 4.57 Å². The van der Waals surface area contributed by atoms with Crippen LogP contribution in [0.5, 0.6) is 0 Å². The monoisotopic (exact) mass is 489 g/mol. The molecule has 0 bridgehead atoms. The summed E-state index contributed by atoms with van der Waals surface area (Å²) in [6.07, 6.45) is 0.179. The Hall–Kier alpha value is -4.71. The fourth-order valence-corrected chi connectivity index (χ4v) is 4.48. The van der Waals surface area contributed by atoms with Gasteiger partial charge in [-0.1, -0.05) is 71.8 Å². The van der Waals surface area contributed by atoms with Gasteiger partial charge in [-0.05, 0) is 61.4 Å². The molecule has 6 nitrogen and oxygen atoms in total. The fourth-order valence-electron chi connectivity index (χ4n) is 4.48. The van der Waals surface area contributed by atoms with Crippen molar-refractivity contribution in [1.82, 2.24) is 9.13 Å². The number of amides is 1. The summed E-state index contributed by atoms with van der Waals surface area (Å²) < 4.78 is 2.84. The van der Waals surface area contributed by atoms with E-state index in [0.717, 1.165) is 27.9 Å². The minimum absolute atomic E-state index is 0.139. The lowest BCUT2D eigenvalue weighted by atomic mass is 10.1. The molecule has 1 amide bonds. The fraction of sp³-hybridized carbons (Fsp3) is 0.129. The van der Waals surface area contributed by atoms with Crippen LogP contribution >= 0.6 is 0 Å². The highest BCUT2D eigenvalue weighted by Gasteiger charge is 2.15. The van der Waals surface area contributed by atoms with Crippen molar-refractivity contribution in [2.75, 3.05) is 5.32 Å². The van der Waals surface area contributed by atoms with Gasteiger partial charge in [-0.15, -0.1) is 0 Å². The number of carbonyl (C=O) groups excluding carboxylic acids is 1. The number of aromatic nitrogens is 2. The van der Waals surface area contributed by atoms with Gasteiger partial charge < -0.3 is 5.32 Å². The molecule has 0 atom stereocenters. The zero-order valence-corrected chi connectivity index (χ0v) is 20.8. The molecule has 5 rings (SSSR count). The first kappa shape index (κ1) is 24.0. The first-order chi connectivity index (χ1) is 17.9. The van der Waals surface area contributed by atoms with Crippen LogP contribution in [0, 0.1) is 13.8 Å². The zero-order valence-electron chi connectivity index (χ0n) is 20.8. The van der Waals surface area contributed by atoms with Crippen molar-refractivity contribution >= 4 is 22.5 Å². The Morgan fingerprint density at radius 2 is 1.49 bits per heavy atom. The van der Waals surface area contributed by atoms with Gasteiger partial charge in [0.15, 0.2) is 0 Å². The number of hydrogen-bond acceptors (Lipinski definition) is 3. The topological polar surface area (TPSA) is 73.1 Å². The van der Waals surface area contributed by atoms with Crippen LogP contribution in [0.25, 0.3) is 16.6 Å². The molecular weight excluding hydrogens is 462 g/mol. The summed E-state index contributed by atoms with van der Waals surface area (Å²) in [4.78, 5) is 39.5.